The molecule has 1 aliphatic heterocycles. The molecule has 2 heterocycles. The van der Waals surface area contributed by atoms with Crippen molar-refractivity contribution >= 4 is 55.7 Å². The fourth-order valence-corrected chi connectivity index (χ4v) is 6.40. The summed E-state index contributed by atoms with van der Waals surface area (Å²) in [6.07, 6.45) is 3.70. The minimum absolute atomic E-state index is 0.0963. The van der Waals surface area contributed by atoms with Crippen molar-refractivity contribution in [2.45, 2.75) is 31.1 Å². The first kappa shape index (κ1) is 27.4. The third-order valence-electron chi connectivity index (χ3n) is 6.27. The third-order valence-corrected chi connectivity index (χ3v) is 8.66. The molecule has 1 fully saturated rings. The van der Waals surface area contributed by atoms with Crippen LogP contribution in [0, 0.1) is 5.92 Å². The highest BCUT2D eigenvalue weighted by Gasteiger charge is 2.33. The van der Waals surface area contributed by atoms with E-state index in [2.05, 4.69) is 15.6 Å². The van der Waals surface area contributed by atoms with Crippen molar-refractivity contribution in [2.24, 2.45) is 5.92 Å². The molecular formula is C26H30Cl2N4O4S. The number of rotatable bonds is 10. The molecule has 2 aromatic carbocycles. The van der Waals surface area contributed by atoms with E-state index in [1.165, 1.54) is 16.4 Å². The fourth-order valence-electron chi connectivity index (χ4n) is 4.38. The Balaban J connectivity index is 1.28. The Morgan fingerprint density at radius 3 is 2.78 bits per heavy atom. The molecule has 4 rings (SSSR count). The zero-order valence-corrected chi connectivity index (χ0v) is 22.9. The predicted molar refractivity (Wildman–Crippen MR) is 147 cm³/mol. The number of nitrogens with one attached hydrogen (secondary N) is 2. The molecular weight excluding hydrogens is 535 g/mol. The number of hydrogen-bond acceptors (Lipinski definition) is 6. The van der Waals surface area contributed by atoms with Crippen molar-refractivity contribution in [2.75, 3.05) is 38.1 Å². The summed E-state index contributed by atoms with van der Waals surface area (Å²) in [5.74, 6) is -0.0906. The second-order valence-electron chi connectivity index (χ2n) is 8.82. The van der Waals surface area contributed by atoms with Gasteiger partial charge in [0.2, 0.25) is 15.9 Å². The summed E-state index contributed by atoms with van der Waals surface area (Å²) < 4.78 is 33.2. The molecule has 0 spiro atoms. The van der Waals surface area contributed by atoms with E-state index in [-0.39, 0.29) is 22.4 Å². The highest BCUT2D eigenvalue weighted by Crippen LogP contribution is 2.30. The van der Waals surface area contributed by atoms with E-state index in [1.807, 2.05) is 31.2 Å². The summed E-state index contributed by atoms with van der Waals surface area (Å²) in [5.41, 5.74) is 1.77. The van der Waals surface area contributed by atoms with Crippen LogP contribution in [0.15, 0.2) is 53.6 Å². The SMILES string of the molecule is CCOc1ccc(S(=O)(=O)N2CCCC(C(=O)NCCCNc3ccnc4cc(Cl)ccc34)C2)cc1Cl. The lowest BCUT2D eigenvalue weighted by molar-refractivity contribution is -0.126. The van der Waals surface area contributed by atoms with Crippen LogP contribution >= 0.6 is 23.2 Å². The van der Waals surface area contributed by atoms with E-state index < -0.39 is 15.9 Å². The van der Waals surface area contributed by atoms with Gasteiger partial charge in [-0.05, 0) is 68.7 Å². The molecule has 11 heteroatoms. The molecule has 0 radical (unpaired) electrons. The van der Waals surface area contributed by atoms with Crippen LogP contribution in [0.4, 0.5) is 5.69 Å². The number of piperidine rings is 1. The molecule has 1 aromatic heterocycles. The maximum atomic E-state index is 13.2. The topological polar surface area (TPSA) is 101 Å². The van der Waals surface area contributed by atoms with E-state index in [9.17, 15) is 13.2 Å². The van der Waals surface area contributed by atoms with Crippen molar-refractivity contribution in [3.8, 4) is 5.75 Å². The molecule has 0 saturated carbocycles. The standard InChI is InChI=1S/C26H30Cl2N4O4S/c1-2-36-25-9-7-20(16-22(25)28)37(34,35)32-14-3-5-18(17-32)26(33)31-12-4-11-29-23-10-13-30-24-15-19(27)6-8-21(23)24/h6-10,13,15-16,18H,2-5,11-12,14,17H2,1H3,(H,29,30)(H,31,33). The van der Waals surface area contributed by atoms with E-state index in [1.54, 1.807) is 12.3 Å². The number of hydrogen-bond donors (Lipinski definition) is 2. The Labute approximate surface area is 227 Å². The summed E-state index contributed by atoms with van der Waals surface area (Å²) >= 11 is 12.3. The molecule has 0 bridgehead atoms. The number of pyridine rings is 1. The van der Waals surface area contributed by atoms with Gasteiger partial charge >= 0.3 is 0 Å². The third kappa shape index (κ3) is 6.65. The van der Waals surface area contributed by atoms with Crippen molar-refractivity contribution in [1.82, 2.24) is 14.6 Å². The fraction of sp³-hybridized carbons (Fsp3) is 0.385. The van der Waals surface area contributed by atoms with Gasteiger partial charge < -0.3 is 15.4 Å². The molecule has 37 heavy (non-hydrogen) atoms. The number of halogens is 2. The second kappa shape index (κ2) is 12.3. The van der Waals surface area contributed by atoms with Gasteiger partial charge in [0.15, 0.2) is 0 Å². The van der Waals surface area contributed by atoms with Gasteiger partial charge in [-0.3, -0.25) is 9.78 Å². The van der Waals surface area contributed by atoms with Crippen molar-refractivity contribution in [1.29, 1.82) is 0 Å². The lowest BCUT2D eigenvalue weighted by Gasteiger charge is -2.31. The van der Waals surface area contributed by atoms with Gasteiger partial charge in [-0.2, -0.15) is 4.31 Å². The lowest BCUT2D eigenvalue weighted by Crippen LogP contribution is -2.45. The van der Waals surface area contributed by atoms with E-state index in [4.69, 9.17) is 27.9 Å². The van der Waals surface area contributed by atoms with Crippen LogP contribution in [0.1, 0.15) is 26.2 Å². The molecule has 8 nitrogen and oxygen atoms in total. The number of carbonyl (C=O) groups excluding carboxylic acids is 1. The molecule has 1 atom stereocenters. The van der Waals surface area contributed by atoms with Crippen LogP contribution in [0.5, 0.6) is 5.75 Å². The first-order valence-electron chi connectivity index (χ1n) is 12.3. The number of sulfonamides is 1. The van der Waals surface area contributed by atoms with Crippen LogP contribution < -0.4 is 15.4 Å². The Morgan fingerprint density at radius 2 is 2.00 bits per heavy atom. The number of nitrogens with zero attached hydrogens (tertiary/aromatic N) is 2. The smallest absolute Gasteiger partial charge is 0.243 e. The highest BCUT2D eigenvalue weighted by molar-refractivity contribution is 7.89. The number of ether oxygens (including phenoxy) is 1. The summed E-state index contributed by atoms with van der Waals surface area (Å²) in [7, 11) is -3.77. The van der Waals surface area contributed by atoms with Crippen LogP contribution in [-0.4, -0.2) is 56.4 Å². The van der Waals surface area contributed by atoms with Gasteiger partial charge in [-0.25, -0.2) is 8.42 Å². The molecule has 1 aliphatic rings. The number of fused-ring (bicyclic) bond motifs is 1. The average molecular weight is 566 g/mol. The van der Waals surface area contributed by atoms with Gasteiger partial charge in [0, 0.05) is 48.5 Å². The Hall–Kier alpha value is -2.59. The van der Waals surface area contributed by atoms with Gasteiger partial charge in [0.05, 0.1) is 28.0 Å². The Bertz CT molecular complexity index is 1370. The minimum atomic E-state index is -3.77. The largest absolute Gasteiger partial charge is 0.492 e. The molecule has 3 aromatic rings. The van der Waals surface area contributed by atoms with Crippen molar-refractivity contribution in [3.63, 3.8) is 0 Å². The molecule has 2 N–H and O–H groups in total. The maximum Gasteiger partial charge on any atom is 0.243 e. The number of amides is 1. The number of anilines is 1. The zero-order valence-electron chi connectivity index (χ0n) is 20.5. The Morgan fingerprint density at radius 1 is 1.16 bits per heavy atom. The quantitative estimate of drug-likeness (QED) is 0.337. The molecule has 0 aliphatic carbocycles. The van der Waals surface area contributed by atoms with Crippen molar-refractivity contribution < 1.29 is 17.9 Å². The number of aromatic nitrogens is 1. The molecule has 198 valence electrons. The van der Waals surface area contributed by atoms with Crippen LogP contribution in [-0.2, 0) is 14.8 Å². The van der Waals surface area contributed by atoms with Gasteiger partial charge in [0.1, 0.15) is 5.75 Å². The van der Waals surface area contributed by atoms with Gasteiger partial charge in [0.25, 0.3) is 0 Å². The van der Waals surface area contributed by atoms with E-state index >= 15 is 0 Å². The molecule has 1 unspecified atom stereocenters. The van der Waals surface area contributed by atoms with Crippen molar-refractivity contribution in [3.05, 3.63) is 58.7 Å². The number of benzene rings is 2. The summed E-state index contributed by atoms with van der Waals surface area (Å²) in [5, 5.41) is 8.20. The summed E-state index contributed by atoms with van der Waals surface area (Å²) in [6.45, 7) is 3.91. The van der Waals surface area contributed by atoms with Crippen LogP contribution in [0.3, 0.4) is 0 Å². The molecule has 1 saturated heterocycles. The average Bonchev–Trinajstić information content (AvgIpc) is 2.89. The first-order valence-corrected chi connectivity index (χ1v) is 14.5. The molecule has 1 amide bonds. The zero-order chi connectivity index (χ0) is 26.4. The second-order valence-corrected chi connectivity index (χ2v) is 11.6. The minimum Gasteiger partial charge on any atom is -0.492 e. The van der Waals surface area contributed by atoms with Gasteiger partial charge in [-0.15, -0.1) is 0 Å². The Kier molecular flexibility index (Phi) is 9.13. The normalized spacial score (nSPS) is 16.5. The predicted octanol–water partition coefficient (Wildman–Crippen LogP) is 4.96. The summed E-state index contributed by atoms with van der Waals surface area (Å²) in [6, 6.07) is 11.9. The lowest BCUT2D eigenvalue weighted by atomic mass is 9.99. The van der Waals surface area contributed by atoms with E-state index in [0.29, 0.717) is 56.3 Å². The number of carbonyl (C=O) groups is 1. The monoisotopic (exact) mass is 564 g/mol. The highest BCUT2D eigenvalue weighted by atomic mass is 35.5. The first-order chi connectivity index (χ1) is 17.8. The van der Waals surface area contributed by atoms with E-state index in [0.717, 1.165) is 16.6 Å². The van der Waals surface area contributed by atoms with Gasteiger partial charge in [-0.1, -0.05) is 23.2 Å². The summed E-state index contributed by atoms with van der Waals surface area (Å²) in [4.78, 5) is 17.2. The maximum absolute atomic E-state index is 13.2. The van der Waals surface area contributed by atoms with Crippen LogP contribution in [0.25, 0.3) is 10.9 Å². The van der Waals surface area contributed by atoms with Crippen LogP contribution in [0.2, 0.25) is 10.0 Å².